The van der Waals surface area contributed by atoms with Gasteiger partial charge in [-0.15, -0.1) is 0 Å². The molecule has 0 unspecified atom stereocenters. The van der Waals surface area contributed by atoms with Crippen LogP contribution in [0.15, 0.2) is 12.3 Å². The summed E-state index contributed by atoms with van der Waals surface area (Å²) in [4.78, 5) is 0. The van der Waals surface area contributed by atoms with Crippen LogP contribution in [0.4, 0.5) is 0 Å². The van der Waals surface area contributed by atoms with Crippen molar-refractivity contribution in [3.05, 3.63) is 19.3 Å². The van der Waals surface area contributed by atoms with Gasteiger partial charge in [0.1, 0.15) is 0 Å². The molecule has 0 aromatic rings. The normalized spacial score (nSPS) is 45.4. The summed E-state index contributed by atoms with van der Waals surface area (Å²) in [5.74, 6) is 9.27. The molecule has 1 radical (unpaired) electrons. The van der Waals surface area contributed by atoms with E-state index >= 15 is 0 Å². The average Bonchev–Trinajstić information content (AvgIpc) is 2.78. The second-order valence-corrected chi connectivity index (χ2v) is 9.16. The zero-order valence-corrected chi connectivity index (χ0v) is 20.2. The van der Waals surface area contributed by atoms with E-state index in [2.05, 4.69) is 82.7 Å². The van der Waals surface area contributed by atoms with Crippen molar-refractivity contribution in [3.63, 3.8) is 0 Å². The number of aliphatic hydroxyl groups excluding tert-OH is 1. The topological polar surface area (TPSA) is 20.2 Å². The van der Waals surface area contributed by atoms with Gasteiger partial charge in [0.2, 0.25) is 0 Å². The Hall–Kier alpha value is 0.124. The summed E-state index contributed by atoms with van der Waals surface area (Å²) in [6, 6.07) is 0. The van der Waals surface area contributed by atoms with Crippen LogP contribution in [0.3, 0.4) is 0 Å². The Balaban J connectivity index is 0. The molecule has 0 spiro atoms. The molecule has 0 aliphatic heterocycles. The minimum absolute atomic E-state index is 0. The fraction of sp³-hybridized carbons (Fsp3) is 0.870. The Morgan fingerprint density at radius 2 is 0.560 bits per heavy atom. The fourth-order valence-electron chi connectivity index (χ4n) is 4.79. The van der Waals surface area contributed by atoms with Crippen molar-refractivity contribution < 1.29 is 26.8 Å². The number of hydrogen-bond acceptors (Lipinski definition) is 1. The molecule has 2 aliphatic rings. The number of hydrogen-bond donors (Lipinski definition) is 1. The third kappa shape index (κ3) is 7.33. The van der Waals surface area contributed by atoms with E-state index in [0.29, 0.717) is 0 Å². The van der Waals surface area contributed by atoms with E-state index in [1.807, 2.05) is 0 Å². The van der Waals surface area contributed by atoms with Crippen molar-refractivity contribution in [2.75, 3.05) is 0 Å². The smallest absolute Gasteiger partial charge is 0.546 e. The molecule has 0 atom stereocenters. The van der Waals surface area contributed by atoms with Crippen molar-refractivity contribution in [2.45, 2.75) is 69.2 Å². The maximum Gasteiger partial charge on any atom is 3.00 e. The van der Waals surface area contributed by atoms with E-state index in [-0.39, 0.29) is 27.5 Å². The first-order valence-electron chi connectivity index (χ1n) is 10.0. The monoisotopic (exact) mass is 385 g/mol. The Bertz CT molecular complexity index is 257. The van der Waals surface area contributed by atoms with Crippen LogP contribution in [0.5, 0.6) is 0 Å². The van der Waals surface area contributed by atoms with Gasteiger partial charge in [-0.25, -0.2) is 13.5 Å². The van der Waals surface area contributed by atoms with Crippen LogP contribution >= 0.6 is 0 Å². The zero-order chi connectivity index (χ0) is 19.4. The fourth-order valence-corrected chi connectivity index (χ4v) is 4.79. The van der Waals surface area contributed by atoms with Gasteiger partial charge in [-0.1, -0.05) is 75.0 Å². The quantitative estimate of drug-likeness (QED) is 0.264. The molecule has 2 rings (SSSR count). The predicted octanol–water partition coefficient (Wildman–Crippen LogP) is 7.25. The molecule has 25 heavy (non-hydrogen) atoms. The van der Waals surface area contributed by atoms with E-state index in [1.54, 1.807) is 0 Å². The molecule has 1 N–H and O–H groups in total. The molecule has 2 fully saturated rings. The number of aliphatic hydroxyl groups is 1. The van der Waals surface area contributed by atoms with Crippen LogP contribution < -0.4 is 0 Å². The van der Waals surface area contributed by atoms with Gasteiger partial charge >= 0.3 is 21.7 Å². The summed E-state index contributed by atoms with van der Waals surface area (Å²) in [6.07, 6.45) is 0. The van der Waals surface area contributed by atoms with Gasteiger partial charge in [0.05, 0.1) is 0 Å². The summed E-state index contributed by atoms with van der Waals surface area (Å²) in [5.41, 5.74) is 0. The van der Waals surface area contributed by atoms with Crippen LogP contribution in [0, 0.1) is 66.1 Å². The molecule has 1 nitrogen and oxygen atoms in total. The van der Waals surface area contributed by atoms with Gasteiger partial charge < -0.3 is 5.11 Å². The first-order chi connectivity index (χ1) is 10.8. The second-order valence-electron chi connectivity index (χ2n) is 9.16. The molecule has 0 aromatic carbocycles. The Kier molecular flexibility index (Phi) is 12.9. The van der Waals surface area contributed by atoms with Crippen LogP contribution in [0.2, 0.25) is 0 Å². The van der Waals surface area contributed by atoms with E-state index in [9.17, 15) is 0 Å². The van der Waals surface area contributed by atoms with Crippen LogP contribution in [0.1, 0.15) is 69.2 Å². The molecule has 2 aliphatic carbocycles. The average molecular weight is 385 g/mol. The third-order valence-corrected chi connectivity index (χ3v) is 8.29. The molecule has 0 bridgehead atoms. The van der Waals surface area contributed by atoms with Crippen LogP contribution in [-0.2, 0) is 21.7 Å². The second kappa shape index (κ2) is 11.8. The van der Waals surface area contributed by atoms with Crippen LogP contribution in [0.25, 0.3) is 0 Å². The minimum Gasteiger partial charge on any atom is -0.546 e. The first-order valence-corrected chi connectivity index (χ1v) is 10.0. The van der Waals surface area contributed by atoms with Gasteiger partial charge in [0.25, 0.3) is 0 Å². The van der Waals surface area contributed by atoms with Gasteiger partial charge in [-0.2, -0.15) is 0 Å². The largest absolute Gasteiger partial charge is 3.00 e. The third-order valence-electron chi connectivity index (χ3n) is 8.29. The van der Waals surface area contributed by atoms with Crippen molar-refractivity contribution in [1.82, 2.24) is 0 Å². The Morgan fingerprint density at radius 3 is 0.600 bits per heavy atom. The summed E-state index contributed by atoms with van der Waals surface area (Å²) in [6.45, 7) is 30.0. The Labute approximate surface area is 174 Å². The van der Waals surface area contributed by atoms with E-state index in [4.69, 9.17) is 5.11 Å². The van der Waals surface area contributed by atoms with E-state index < -0.39 is 0 Å². The van der Waals surface area contributed by atoms with Crippen molar-refractivity contribution in [1.29, 1.82) is 0 Å². The number of rotatable bonds is 0. The van der Waals surface area contributed by atoms with E-state index in [1.165, 1.54) is 0 Å². The minimum atomic E-state index is -0.0833. The van der Waals surface area contributed by atoms with E-state index in [0.717, 1.165) is 59.2 Å². The number of allylic oxidation sites excluding steroid dienone is 1. The van der Waals surface area contributed by atoms with Crippen molar-refractivity contribution in [2.24, 2.45) is 59.2 Å². The summed E-state index contributed by atoms with van der Waals surface area (Å²) < 4.78 is 0. The zero-order valence-electron chi connectivity index (χ0n) is 18.6. The Morgan fingerprint density at radius 1 is 0.520 bits per heavy atom. The molecule has 2 heteroatoms. The molecule has 0 heterocycles. The molecule has 2 saturated carbocycles. The van der Waals surface area contributed by atoms with Gasteiger partial charge in [-0.05, 0) is 59.2 Å². The van der Waals surface area contributed by atoms with Gasteiger partial charge in [0, 0.05) is 0 Å². The molecular formula is C23H45OTi+2. The molecular weight excluding hydrogens is 340 g/mol. The molecule has 0 amide bonds. The van der Waals surface area contributed by atoms with Crippen LogP contribution in [-0.4, -0.2) is 5.11 Å². The maximum atomic E-state index is 7.75. The maximum absolute atomic E-state index is 7.75. The van der Waals surface area contributed by atoms with Gasteiger partial charge in [0.15, 0.2) is 0 Å². The van der Waals surface area contributed by atoms with Crippen molar-refractivity contribution >= 4 is 0 Å². The molecule has 0 aromatic heterocycles. The molecule has 145 valence electrons. The van der Waals surface area contributed by atoms with Crippen molar-refractivity contribution in [3.8, 4) is 0 Å². The van der Waals surface area contributed by atoms with Gasteiger partial charge in [-0.3, -0.25) is 0 Å². The molecule has 0 saturated heterocycles. The SMILES string of the molecule is C=C([CH2-])O.CC1C(C)C(C)C(C)C1C.CC1C(C)C(C)C(C)C1C.[Ti+3]. The standard InChI is InChI=1S/2C10H20.C3H5O.Ti/c2*1-6-7(2)9(4)10(5)8(6)3;1-3(2)4;/h2*6-10H,1-5H3;4H,1-2H2;/q;;-1;+3. The summed E-state index contributed by atoms with van der Waals surface area (Å²) in [5, 5.41) is 7.75. The summed E-state index contributed by atoms with van der Waals surface area (Å²) >= 11 is 0. The summed E-state index contributed by atoms with van der Waals surface area (Å²) in [7, 11) is 0. The predicted molar refractivity (Wildman–Crippen MR) is 109 cm³/mol. The first kappa shape index (κ1) is 27.3.